The Labute approximate surface area is 216 Å². The predicted octanol–water partition coefficient (Wildman–Crippen LogP) is 1.49. The monoisotopic (exact) mass is 526 g/mol. The lowest BCUT2D eigenvalue weighted by Crippen LogP contribution is -2.46. The van der Waals surface area contributed by atoms with Crippen molar-refractivity contribution < 1.29 is 50.8 Å². The highest BCUT2D eigenvalue weighted by atomic mass is 16.4. The molecule has 9 N–H and O–H groups in total. The van der Waals surface area contributed by atoms with Gasteiger partial charge in [0.25, 0.3) is 0 Å². The van der Waals surface area contributed by atoms with E-state index in [9.17, 15) is 4.79 Å². The maximum absolute atomic E-state index is 10.3. The summed E-state index contributed by atoms with van der Waals surface area (Å²) in [5.74, 6) is -0.664. The molecule has 0 bridgehead atoms. The summed E-state index contributed by atoms with van der Waals surface area (Å²) in [4.78, 5) is 10.3. The Morgan fingerprint density at radius 1 is 0.611 bits per heavy atom. The van der Waals surface area contributed by atoms with Gasteiger partial charge in [-0.1, -0.05) is 70.4 Å². The van der Waals surface area contributed by atoms with Gasteiger partial charge in [0, 0.05) is 6.42 Å². The Bertz CT molecular complexity index is 446. The number of hydrogen-bond acceptors (Lipinski definition) is 9. The van der Waals surface area contributed by atoms with Crippen LogP contribution in [0.15, 0.2) is 12.2 Å². The third kappa shape index (κ3) is 30.9. The van der Waals surface area contributed by atoms with Gasteiger partial charge in [-0.05, 0) is 32.1 Å². The maximum Gasteiger partial charge on any atom is 0.303 e. The Hall–Kier alpha value is -1.11. The first-order valence-electron chi connectivity index (χ1n) is 13.3. The molecule has 218 valence electrons. The Morgan fingerprint density at radius 2 is 0.972 bits per heavy atom. The van der Waals surface area contributed by atoms with Gasteiger partial charge in [0.15, 0.2) is 0 Å². The lowest BCUT2D eigenvalue weighted by atomic mass is 10.0. The van der Waals surface area contributed by atoms with Crippen LogP contribution in [0.4, 0.5) is 0 Å². The van der Waals surface area contributed by atoms with Crippen molar-refractivity contribution in [3.63, 3.8) is 0 Å². The molecular weight excluding hydrogens is 472 g/mol. The summed E-state index contributed by atoms with van der Waals surface area (Å²) in [7, 11) is 0. The molecule has 10 nitrogen and oxygen atoms in total. The largest absolute Gasteiger partial charge is 0.481 e. The number of carboxylic acid groups (broad SMARTS) is 1. The topological polar surface area (TPSA) is 199 Å². The van der Waals surface area contributed by atoms with Gasteiger partial charge < -0.3 is 46.0 Å². The second-order valence-corrected chi connectivity index (χ2v) is 8.66. The Kier molecular flexibility index (Phi) is 34.9. The molecule has 0 spiro atoms. The average molecular weight is 527 g/mol. The van der Waals surface area contributed by atoms with Crippen LogP contribution in [0.1, 0.15) is 96.8 Å². The first kappa shape index (κ1) is 39.4. The van der Waals surface area contributed by atoms with Gasteiger partial charge in [-0.2, -0.15) is 0 Å². The van der Waals surface area contributed by atoms with E-state index >= 15 is 0 Å². The van der Waals surface area contributed by atoms with Crippen LogP contribution in [-0.4, -0.2) is 103 Å². The van der Waals surface area contributed by atoms with E-state index in [-0.39, 0.29) is 13.2 Å². The number of aliphatic hydroxyl groups is 8. The van der Waals surface area contributed by atoms with E-state index in [1.807, 2.05) is 0 Å². The van der Waals surface area contributed by atoms with Gasteiger partial charge in [-0.3, -0.25) is 4.79 Å². The molecular formula is C26H54O10. The van der Waals surface area contributed by atoms with Crippen LogP contribution in [-0.2, 0) is 4.79 Å². The average Bonchev–Trinajstić information content (AvgIpc) is 2.89. The summed E-state index contributed by atoms with van der Waals surface area (Å²) in [6.45, 7) is 0.557. The minimum absolute atomic E-state index is 0.125. The van der Waals surface area contributed by atoms with E-state index in [0.29, 0.717) is 6.42 Å². The van der Waals surface area contributed by atoms with E-state index in [1.54, 1.807) is 0 Å². The third-order valence-electron chi connectivity index (χ3n) is 5.26. The summed E-state index contributed by atoms with van der Waals surface area (Å²) in [6.07, 6.45) is 14.8. The summed E-state index contributed by atoms with van der Waals surface area (Å²) >= 11 is 0. The number of hydrogen-bond donors (Lipinski definition) is 9. The smallest absolute Gasteiger partial charge is 0.303 e. The summed E-state index contributed by atoms with van der Waals surface area (Å²) in [5, 5.41) is 75.9. The number of allylic oxidation sites excluding steroid dienone is 2. The van der Waals surface area contributed by atoms with Crippen LogP contribution < -0.4 is 0 Å². The molecule has 0 aromatic carbocycles. The molecule has 4 atom stereocenters. The van der Waals surface area contributed by atoms with Crippen LogP contribution in [0.3, 0.4) is 0 Å². The highest BCUT2D eigenvalue weighted by Crippen LogP contribution is 2.10. The molecule has 0 fully saturated rings. The van der Waals surface area contributed by atoms with E-state index in [0.717, 1.165) is 12.8 Å². The SMILES string of the molecule is CCCCCCCC/C=C\CCCCCCCC(=O)O.OCC(O)C(O)C(O)C(O)CO.OCCO. The fourth-order valence-corrected chi connectivity index (χ4v) is 3.02. The number of carbonyl (C=O) groups is 1. The van der Waals surface area contributed by atoms with Crippen molar-refractivity contribution in [1.82, 2.24) is 0 Å². The van der Waals surface area contributed by atoms with E-state index < -0.39 is 43.6 Å². The molecule has 4 unspecified atom stereocenters. The molecule has 36 heavy (non-hydrogen) atoms. The number of unbranched alkanes of at least 4 members (excludes halogenated alkanes) is 11. The minimum Gasteiger partial charge on any atom is -0.481 e. The molecule has 0 aromatic rings. The normalized spacial score (nSPS) is 14.2. The molecule has 0 aliphatic heterocycles. The second-order valence-electron chi connectivity index (χ2n) is 8.66. The van der Waals surface area contributed by atoms with Gasteiger partial charge >= 0.3 is 5.97 Å². The molecule has 0 saturated heterocycles. The van der Waals surface area contributed by atoms with Gasteiger partial charge in [0.1, 0.15) is 24.4 Å². The standard InChI is InChI=1S/C18H34O2.C6H14O6.C2H6O2/c1-2-3-4-5-6-7-8-9-10-11-12-13-14-15-16-17-18(19)20;7-1-3(9)5(11)6(12)4(10)2-8;3-1-2-4/h9-10H,2-8,11-17H2,1H3,(H,19,20);3-12H,1-2H2;3-4H,1-2H2/b10-9-;;. The Morgan fingerprint density at radius 3 is 1.31 bits per heavy atom. The zero-order valence-corrected chi connectivity index (χ0v) is 22.1. The van der Waals surface area contributed by atoms with Crippen molar-refractivity contribution in [3.05, 3.63) is 12.2 Å². The number of aliphatic hydroxyl groups excluding tert-OH is 8. The van der Waals surface area contributed by atoms with Crippen LogP contribution >= 0.6 is 0 Å². The summed E-state index contributed by atoms with van der Waals surface area (Å²) < 4.78 is 0. The van der Waals surface area contributed by atoms with E-state index in [2.05, 4.69) is 19.1 Å². The van der Waals surface area contributed by atoms with E-state index in [4.69, 9.17) is 46.0 Å². The number of carboxylic acids is 1. The molecule has 0 amide bonds. The van der Waals surface area contributed by atoms with Crippen molar-refractivity contribution in [2.75, 3.05) is 26.4 Å². The lowest BCUT2D eigenvalue weighted by Gasteiger charge is -2.24. The molecule has 10 heteroatoms. The second kappa shape index (κ2) is 31.9. The number of aliphatic carboxylic acids is 1. The van der Waals surface area contributed by atoms with Crippen LogP contribution in [0.2, 0.25) is 0 Å². The molecule has 0 rings (SSSR count). The third-order valence-corrected chi connectivity index (χ3v) is 5.26. The maximum atomic E-state index is 10.3. The summed E-state index contributed by atoms with van der Waals surface area (Å²) in [6, 6.07) is 0. The van der Waals surface area contributed by atoms with Crippen molar-refractivity contribution in [2.45, 2.75) is 121 Å². The van der Waals surface area contributed by atoms with E-state index in [1.165, 1.54) is 70.6 Å². The van der Waals surface area contributed by atoms with Gasteiger partial charge in [0.05, 0.1) is 26.4 Å². The highest BCUT2D eigenvalue weighted by Gasteiger charge is 2.29. The predicted molar refractivity (Wildman–Crippen MR) is 139 cm³/mol. The molecule has 0 radical (unpaired) electrons. The van der Waals surface area contributed by atoms with Crippen LogP contribution in [0.25, 0.3) is 0 Å². The molecule has 0 aliphatic rings. The van der Waals surface area contributed by atoms with Gasteiger partial charge in [-0.15, -0.1) is 0 Å². The minimum atomic E-state index is -1.67. The molecule has 0 heterocycles. The van der Waals surface area contributed by atoms with Crippen molar-refractivity contribution >= 4 is 5.97 Å². The quantitative estimate of drug-likeness (QED) is 0.0779. The first-order chi connectivity index (χ1) is 17.2. The van der Waals surface area contributed by atoms with Crippen LogP contribution in [0, 0.1) is 0 Å². The lowest BCUT2D eigenvalue weighted by molar-refractivity contribution is -0.137. The van der Waals surface area contributed by atoms with Crippen molar-refractivity contribution in [1.29, 1.82) is 0 Å². The Balaban J connectivity index is -0.000000574. The van der Waals surface area contributed by atoms with Gasteiger partial charge in [-0.25, -0.2) is 0 Å². The first-order valence-corrected chi connectivity index (χ1v) is 13.3. The van der Waals surface area contributed by atoms with Crippen LogP contribution in [0.5, 0.6) is 0 Å². The zero-order chi connectivity index (χ0) is 28.0. The molecule has 0 aliphatic carbocycles. The zero-order valence-electron chi connectivity index (χ0n) is 22.1. The highest BCUT2D eigenvalue weighted by molar-refractivity contribution is 5.66. The fourth-order valence-electron chi connectivity index (χ4n) is 3.02. The van der Waals surface area contributed by atoms with Crippen molar-refractivity contribution in [2.24, 2.45) is 0 Å². The summed E-state index contributed by atoms with van der Waals surface area (Å²) in [5.41, 5.74) is 0. The van der Waals surface area contributed by atoms with Gasteiger partial charge in [0.2, 0.25) is 0 Å². The van der Waals surface area contributed by atoms with Crippen molar-refractivity contribution in [3.8, 4) is 0 Å². The molecule has 0 aromatic heterocycles. The fraction of sp³-hybridized carbons (Fsp3) is 0.885. The molecule has 0 saturated carbocycles. The number of rotatable bonds is 21.